The number of hydrogen-bond acceptors (Lipinski definition) is 4. The van der Waals surface area contributed by atoms with Gasteiger partial charge in [0.15, 0.2) is 11.3 Å². The molecule has 3 rings (SSSR count). The van der Waals surface area contributed by atoms with Crippen LogP contribution in [0.1, 0.15) is 11.5 Å². The van der Waals surface area contributed by atoms with Gasteiger partial charge >= 0.3 is 5.76 Å². The predicted molar refractivity (Wildman–Crippen MR) is 68.5 cm³/mol. The summed E-state index contributed by atoms with van der Waals surface area (Å²) in [5, 5.41) is 9.13. The number of rotatable bonds is 1. The van der Waals surface area contributed by atoms with E-state index in [1.165, 1.54) is 0 Å². The Bertz CT molecular complexity index is 876. The highest BCUT2D eigenvalue weighted by atomic mass is 16.4. The van der Waals surface area contributed by atoms with Gasteiger partial charge in [-0.25, -0.2) is 9.78 Å². The van der Waals surface area contributed by atoms with Crippen molar-refractivity contribution < 1.29 is 4.42 Å². The van der Waals surface area contributed by atoms with Crippen LogP contribution in [-0.2, 0) is 7.05 Å². The zero-order chi connectivity index (χ0) is 13.6. The second kappa shape index (κ2) is 3.85. The number of nitrogens with zero attached hydrogens (tertiary/aromatic N) is 3. The summed E-state index contributed by atoms with van der Waals surface area (Å²) in [4.78, 5) is 17.9. The van der Waals surface area contributed by atoms with Gasteiger partial charge in [0.05, 0.1) is 11.2 Å². The monoisotopic (exact) mass is 254 g/mol. The highest BCUT2D eigenvalue weighted by Crippen LogP contribution is 2.26. The molecule has 0 saturated carbocycles. The zero-order valence-corrected chi connectivity index (χ0v) is 10.4. The maximum atomic E-state index is 11.1. The lowest BCUT2D eigenvalue weighted by atomic mass is 10.1. The molecule has 0 amide bonds. The molecule has 19 heavy (non-hydrogen) atoms. The number of aryl methyl sites for hydroxylation is 1. The van der Waals surface area contributed by atoms with Crippen LogP contribution in [0.15, 0.2) is 27.4 Å². The maximum absolute atomic E-state index is 11.1. The first-order chi connectivity index (χ1) is 9.10. The summed E-state index contributed by atoms with van der Waals surface area (Å²) in [7, 11) is 1.84. The van der Waals surface area contributed by atoms with E-state index in [1.807, 2.05) is 24.6 Å². The Morgan fingerprint density at radius 3 is 3.00 bits per heavy atom. The molecule has 0 aliphatic rings. The number of imidazole rings is 1. The number of benzene rings is 1. The van der Waals surface area contributed by atoms with E-state index in [4.69, 9.17) is 9.68 Å². The average Bonchev–Trinajstić information content (AvgIpc) is 2.88. The second-order valence-corrected chi connectivity index (χ2v) is 4.25. The fourth-order valence-corrected chi connectivity index (χ4v) is 2.11. The SMILES string of the molecule is Cc1nc(C#N)c(-c2ccc3[nH]c(=O)oc3c2)n1C. The van der Waals surface area contributed by atoms with Crippen molar-refractivity contribution in [1.29, 1.82) is 5.26 Å². The molecule has 0 spiro atoms. The molecule has 0 saturated heterocycles. The minimum absolute atomic E-state index is 0.359. The van der Waals surface area contributed by atoms with E-state index in [0.29, 0.717) is 22.5 Å². The molecule has 0 aliphatic carbocycles. The third-order valence-corrected chi connectivity index (χ3v) is 3.12. The molecule has 0 fully saturated rings. The summed E-state index contributed by atoms with van der Waals surface area (Å²) in [6.07, 6.45) is 0. The molecule has 2 heterocycles. The molecule has 6 nitrogen and oxygen atoms in total. The van der Waals surface area contributed by atoms with Crippen LogP contribution >= 0.6 is 0 Å². The van der Waals surface area contributed by atoms with Crippen molar-refractivity contribution in [1.82, 2.24) is 14.5 Å². The summed E-state index contributed by atoms with van der Waals surface area (Å²) in [6, 6.07) is 7.38. The molecule has 0 radical (unpaired) electrons. The maximum Gasteiger partial charge on any atom is 0.417 e. The fourth-order valence-electron chi connectivity index (χ4n) is 2.11. The third kappa shape index (κ3) is 1.64. The van der Waals surface area contributed by atoms with Crippen LogP contribution in [0.4, 0.5) is 0 Å². The van der Waals surface area contributed by atoms with Crippen LogP contribution in [0.2, 0.25) is 0 Å². The van der Waals surface area contributed by atoms with Gasteiger partial charge < -0.3 is 8.98 Å². The van der Waals surface area contributed by atoms with Gasteiger partial charge in [-0.1, -0.05) is 6.07 Å². The van der Waals surface area contributed by atoms with E-state index in [0.717, 1.165) is 11.4 Å². The lowest BCUT2D eigenvalue weighted by Gasteiger charge is -2.04. The fraction of sp³-hybridized carbons (Fsp3) is 0.154. The number of aromatic nitrogens is 3. The molecule has 94 valence electrons. The molecule has 0 aliphatic heterocycles. The Morgan fingerprint density at radius 2 is 2.26 bits per heavy atom. The second-order valence-electron chi connectivity index (χ2n) is 4.25. The lowest BCUT2D eigenvalue weighted by molar-refractivity contribution is 0.555. The Balaban J connectivity index is 2.30. The van der Waals surface area contributed by atoms with Crippen LogP contribution < -0.4 is 5.76 Å². The van der Waals surface area contributed by atoms with Gasteiger partial charge in [0.1, 0.15) is 11.9 Å². The molecular weight excluding hydrogens is 244 g/mol. The largest absolute Gasteiger partial charge is 0.417 e. The van der Waals surface area contributed by atoms with Gasteiger partial charge in [-0.3, -0.25) is 4.98 Å². The zero-order valence-electron chi connectivity index (χ0n) is 10.4. The Morgan fingerprint density at radius 1 is 1.47 bits per heavy atom. The van der Waals surface area contributed by atoms with E-state index in [-0.39, 0.29) is 0 Å². The van der Waals surface area contributed by atoms with E-state index in [9.17, 15) is 4.79 Å². The number of nitriles is 1. The van der Waals surface area contributed by atoms with Crippen molar-refractivity contribution in [3.05, 3.63) is 40.3 Å². The molecule has 1 aromatic carbocycles. The highest BCUT2D eigenvalue weighted by Gasteiger charge is 2.15. The normalized spacial score (nSPS) is 10.8. The molecule has 3 aromatic rings. The van der Waals surface area contributed by atoms with Crippen LogP contribution in [-0.4, -0.2) is 14.5 Å². The van der Waals surface area contributed by atoms with Crippen LogP contribution in [0.25, 0.3) is 22.4 Å². The molecular formula is C13H10N4O2. The standard InChI is InChI=1S/C13H10N4O2/c1-7-15-10(6-14)12(17(7)2)8-3-4-9-11(5-8)19-13(18)16-9/h3-5H,1-2H3,(H,16,18). The van der Waals surface area contributed by atoms with Crippen LogP contribution in [0, 0.1) is 18.3 Å². The number of aromatic amines is 1. The number of H-pyrrole nitrogens is 1. The summed E-state index contributed by atoms with van der Waals surface area (Å²) < 4.78 is 6.86. The van der Waals surface area contributed by atoms with Gasteiger partial charge in [-0.05, 0) is 19.1 Å². The van der Waals surface area contributed by atoms with Crippen molar-refractivity contribution in [2.75, 3.05) is 0 Å². The Labute approximate surface area is 107 Å². The first-order valence-corrected chi connectivity index (χ1v) is 5.67. The van der Waals surface area contributed by atoms with Crippen molar-refractivity contribution in [3.63, 3.8) is 0 Å². The topological polar surface area (TPSA) is 87.6 Å². The minimum atomic E-state index is -0.492. The van der Waals surface area contributed by atoms with Crippen LogP contribution in [0.3, 0.4) is 0 Å². The highest BCUT2D eigenvalue weighted by molar-refractivity contribution is 5.80. The average molecular weight is 254 g/mol. The first-order valence-electron chi connectivity index (χ1n) is 5.67. The van der Waals surface area contributed by atoms with Crippen molar-refractivity contribution in [3.8, 4) is 17.3 Å². The molecule has 0 unspecified atom stereocenters. The van der Waals surface area contributed by atoms with Gasteiger partial charge in [0.2, 0.25) is 0 Å². The number of hydrogen-bond donors (Lipinski definition) is 1. The van der Waals surface area contributed by atoms with Gasteiger partial charge in [-0.2, -0.15) is 5.26 Å². The number of nitrogens with one attached hydrogen (secondary N) is 1. The number of fused-ring (bicyclic) bond motifs is 1. The van der Waals surface area contributed by atoms with Gasteiger partial charge in [-0.15, -0.1) is 0 Å². The van der Waals surface area contributed by atoms with Crippen molar-refractivity contribution >= 4 is 11.1 Å². The Hall–Kier alpha value is -2.81. The van der Waals surface area contributed by atoms with E-state index in [2.05, 4.69) is 16.0 Å². The van der Waals surface area contributed by atoms with Crippen molar-refractivity contribution in [2.45, 2.75) is 6.92 Å². The van der Waals surface area contributed by atoms with E-state index in [1.54, 1.807) is 12.1 Å². The quantitative estimate of drug-likeness (QED) is 0.715. The van der Waals surface area contributed by atoms with Crippen molar-refractivity contribution in [2.24, 2.45) is 7.05 Å². The lowest BCUT2D eigenvalue weighted by Crippen LogP contribution is -1.94. The Kier molecular flexibility index (Phi) is 2.29. The molecule has 0 atom stereocenters. The third-order valence-electron chi connectivity index (χ3n) is 3.12. The predicted octanol–water partition coefficient (Wildman–Crippen LogP) is 1.70. The minimum Gasteiger partial charge on any atom is -0.408 e. The summed E-state index contributed by atoms with van der Waals surface area (Å²) in [5.41, 5.74) is 2.95. The van der Waals surface area contributed by atoms with Crippen LogP contribution in [0.5, 0.6) is 0 Å². The molecule has 6 heteroatoms. The molecule has 1 N–H and O–H groups in total. The summed E-state index contributed by atoms with van der Waals surface area (Å²) >= 11 is 0. The smallest absolute Gasteiger partial charge is 0.408 e. The first kappa shape index (κ1) is 11.3. The number of oxazole rings is 1. The summed E-state index contributed by atoms with van der Waals surface area (Å²) in [6.45, 7) is 1.83. The van der Waals surface area contributed by atoms with E-state index < -0.39 is 5.76 Å². The van der Waals surface area contributed by atoms with E-state index >= 15 is 0 Å². The molecule has 2 aromatic heterocycles. The van der Waals surface area contributed by atoms with Gasteiger partial charge in [0.25, 0.3) is 0 Å². The van der Waals surface area contributed by atoms with Gasteiger partial charge in [0, 0.05) is 12.6 Å². The summed E-state index contributed by atoms with van der Waals surface area (Å²) in [5.74, 6) is 0.260. The molecule has 0 bridgehead atoms.